The molecule has 1 aromatic carbocycles. The lowest BCUT2D eigenvalue weighted by Gasteiger charge is -2.29. The van der Waals surface area contributed by atoms with E-state index in [-0.39, 0.29) is 23.2 Å². The average Bonchev–Trinajstić information content (AvgIpc) is 2.41. The van der Waals surface area contributed by atoms with E-state index in [0.717, 1.165) is 23.8 Å². The molecular formula is C17H19FN2O2. The first-order valence-corrected chi connectivity index (χ1v) is 7.63. The van der Waals surface area contributed by atoms with Gasteiger partial charge in [-0.05, 0) is 49.4 Å². The first kappa shape index (κ1) is 14.8. The quantitative estimate of drug-likeness (QED) is 0.875. The Kier molecular flexibility index (Phi) is 3.72. The lowest BCUT2D eigenvalue weighted by molar-refractivity contribution is 0.298. The highest BCUT2D eigenvalue weighted by Crippen LogP contribution is 2.30. The fraction of sp³-hybridized carbons (Fsp3) is 0.412. The minimum atomic E-state index is -0.392. The molecule has 0 amide bonds. The van der Waals surface area contributed by atoms with Crippen LogP contribution in [0.2, 0.25) is 0 Å². The van der Waals surface area contributed by atoms with Gasteiger partial charge in [0.15, 0.2) is 0 Å². The number of benzene rings is 1. The lowest BCUT2D eigenvalue weighted by Crippen LogP contribution is -2.43. The van der Waals surface area contributed by atoms with E-state index in [1.807, 2.05) is 13.8 Å². The topological polar surface area (TPSA) is 44.0 Å². The van der Waals surface area contributed by atoms with Gasteiger partial charge in [-0.1, -0.05) is 13.8 Å². The zero-order valence-electron chi connectivity index (χ0n) is 12.8. The van der Waals surface area contributed by atoms with Gasteiger partial charge in [-0.15, -0.1) is 0 Å². The predicted octanol–water partition coefficient (Wildman–Crippen LogP) is 2.99. The zero-order valence-corrected chi connectivity index (χ0v) is 12.8. The molecule has 1 aromatic heterocycles. The van der Waals surface area contributed by atoms with Gasteiger partial charge >= 0.3 is 5.69 Å². The highest BCUT2D eigenvalue weighted by atomic mass is 19.1. The lowest BCUT2D eigenvalue weighted by atomic mass is 9.92. The number of hydrogen-bond donors (Lipinski definition) is 0. The van der Waals surface area contributed by atoms with E-state index in [1.54, 1.807) is 10.8 Å². The van der Waals surface area contributed by atoms with Crippen molar-refractivity contribution in [2.45, 2.75) is 45.1 Å². The molecule has 2 aromatic rings. The van der Waals surface area contributed by atoms with E-state index < -0.39 is 5.82 Å². The number of halogens is 1. The molecule has 0 spiro atoms. The smallest absolute Gasteiger partial charge is 0.297 e. The van der Waals surface area contributed by atoms with E-state index >= 15 is 0 Å². The Bertz CT molecular complexity index is 799. The summed E-state index contributed by atoms with van der Waals surface area (Å²) in [4.78, 5) is 25.4. The van der Waals surface area contributed by atoms with Gasteiger partial charge in [0, 0.05) is 17.8 Å². The third-order valence-electron chi connectivity index (χ3n) is 4.32. The molecule has 1 aliphatic carbocycles. The van der Waals surface area contributed by atoms with Crippen LogP contribution in [0.25, 0.3) is 5.69 Å². The molecule has 0 aliphatic heterocycles. The highest BCUT2D eigenvalue weighted by Gasteiger charge is 2.24. The second kappa shape index (κ2) is 5.55. The van der Waals surface area contributed by atoms with Gasteiger partial charge in [0.25, 0.3) is 5.56 Å². The number of hydrogen-bond acceptors (Lipinski definition) is 2. The standard InChI is InChI=1S/C17H19FN2O2/c1-11(2)15-10-19(13-4-3-5-13)17(22)20(16(15)21)14-8-6-12(18)7-9-14/h6-11,13H,3-5H2,1-2H3. The van der Waals surface area contributed by atoms with Crippen LogP contribution in [0.5, 0.6) is 0 Å². The Balaban J connectivity index is 2.27. The maximum absolute atomic E-state index is 13.1. The average molecular weight is 302 g/mol. The summed E-state index contributed by atoms with van der Waals surface area (Å²) in [6.45, 7) is 3.86. The largest absolute Gasteiger partial charge is 0.335 e. The first-order valence-electron chi connectivity index (χ1n) is 7.63. The third kappa shape index (κ3) is 2.40. The summed E-state index contributed by atoms with van der Waals surface area (Å²) in [6.07, 6.45) is 4.72. The molecule has 116 valence electrons. The van der Waals surface area contributed by atoms with Crippen LogP contribution in [0.4, 0.5) is 4.39 Å². The van der Waals surface area contributed by atoms with Gasteiger partial charge in [0.2, 0.25) is 0 Å². The van der Waals surface area contributed by atoms with Gasteiger partial charge < -0.3 is 0 Å². The Labute approximate surface area is 127 Å². The summed E-state index contributed by atoms with van der Waals surface area (Å²) < 4.78 is 15.9. The SMILES string of the molecule is CC(C)c1cn(C2CCC2)c(=O)n(-c2ccc(F)cc2)c1=O. The zero-order chi connectivity index (χ0) is 15.9. The minimum absolute atomic E-state index is 0.0196. The molecule has 3 rings (SSSR count). The summed E-state index contributed by atoms with van der Waals surface area (Å²) in [7, 11) is 0. The van der Waals surface area contributed by atoms with Crippen molar-refractivity contribution in [2.24, 2.45) is 0 Å². The summed E-state index contributed by atoms with van der Waals surface area (Å²) in [6, 6.07) is 5.62. The second-order valence-electron chi connectivity index (χ2n) is 6.13. The second-order valence-corrected chi connectivity index (χ2v) is 6.13. The van der Waals surface area contributed by atoms with Crippen LogP contribution >= 0.6 is 0 Å². The monoisotopic (exact) mass is 302 g/mol. The fourth-order valence-electron chi connectivity index (χ4n) is 2.73. The van der Waals surface area contributed by atoms with Crippen molar-refractivity contribution in [2.75, 3.05) is 0 Å². The molecule has 0 N–H and O–H groups in total. The molecule has 1 heterocycles. The molecule has 1 saturated carbocycles. The van der Waals surface area contributed by atoms with Crippen molar-refractivity contribution >= 4 is 0 Å². The molecule has 0 saturated heterocycles. The number of aromatic nitrogens is 2. The molecule has 0 radical (unpaired) electrons. The van der Waals surface area contributed by atoms with Crippen LogP contribution in [0.15, 0.2) is 40.1 Å². The predicted molar refractivity (Wildman–Crippen MR) is 83.2 cm³/mol. The molecule has 1 aliphatic rings. The highest BCUT2D eigenvalue weighted by molar-refractivity contribution is 5.33. The summed E-state index contributed by atoms with van der Waals surface area (Å²) in [5.41, 5.74) is 0.357. The van der Waals surface area contributed by atoms with Crippen LogP contribution in [0.3, 0.4) is 0 Å². The van der Waals surface area contributed by atoms with Gasteiger partial charge in [0.1, 0.15) is 5.82 Å². The molecule has 0 atom stereocenters. The van der Waals surface area contributed by atoms with Crippen LogP contribution in [-0.4, -0.2) is 9.13 Å². The van der Waals surface area contributed by atoms with Crippen molar-refractivity contribution in [1.82, 2.24) is 9.13 Å². The van der Waals surface area contributed by atoms with Crippen LogP contribution in [0, 0.1) is 5.82 Å². The van der Waals surface area contributed by atoms with Gasteiger partial charge in [-0.2, -0.15) is 0 Å². The van der Waals surface area contributed by atoms with Crippen molar-refractivity contribution in [3.05, 3.63) is 62.7 Å². The van der Waals surface area contributed by atoms with E-state index in [4.69, 9.17) is 0 Å². The van der Waals surface area contributed by atoms with Crippen molar-refractivity contribution in [3.63, 3.8) is 0 Å². The van der Waals surface area contributed by atoms with Crippen molar-refractivity contribution in [1.29, 1.82) is 0 Å². The maximum Gasteiger partial charge on any atom is 0.335 e. The minimum Gasteiger partial charge on any atom is -0.297 e. The van der Waals surface area contributed by atoms with E-state index in [0.29, 0.717) is 11.3 Å². The summed E-state index contributed by atoms with van der Waals surface area (Å²) in [5, 5.41) is 0. The maximum atomic E-state index is 13.1. The fourth-order valence-corrected chi connectivity index (χ4v) is 2.73. The van der Waals surface area contributed by atoms with Crippen molar-refractivity contribution < 1.29 is 4.39 Å². The third-order valence-corrected chi connectivity index (χ3v) is 4.32. The molecule has 1 fully saturated rings. The molecule has 5 heteroatoms. The van der Waals surface area contributed by atoms with Gasteiger partial charge in [-0.25, -0.2) is 13.8 Å². The van der Waals surface area contributed by atoms with Crippen LogP contribution in [-0.2, 0) is 0 Å². The van der Waals surface area contributed by atoms with E-state index in [1.165, 1.54) is 24.3 Å². The normalized spacial score (nSPS) is 15.1. The first-order chi connectivity index (χ1) is 10.5. The summed E-state index contributed by atoms with van der Waals surface area (Å²) in [5.74, 6) is -0.373. The van der Waals surface area contributed by atoms with Crippen LogP contribution < -0.4 is 11.2 Å². The van der Waals surface area contributed by atoms with Gasteiger partial charge in [-0.3, -0.25) is 9.36 Å². The Morgan fingerprint density at radius 2 is 1.77 bits per heavy atom. The van der Waals surface area contributed by atoms with Gasteiger partial charge in [0.05, 0.1) is 5.69 Å². The summed E-state index contributed by atoms with van der Waals surface area (Å²) >= 11 is 0. The number of rotatable bonds is 3. The molecule has 0 unspecified atom stereocenters. The Morgan fingerprint density at radius 1 is 1.14 bits per heavy atom. The molecular weight excluding hydrogens is 283 g/mol. The number of nitrogens with zero attached hydrogens (tertiary/aromatic N) is 2. The molecule has 0 bridgehead atoms. The van der Waals surface area contributed by atoms with Crippen LogP contribution in [0.1, 0.15) is 50.6 Å². The van der Waals surface area contributed by atoms with Crippen molar-refractivity contribution in [3.8, 4) is 5.69 Å². The Morgan fingerprint density at radius 3 is 2.27 bits per heavy atom. The Hall–Kier alpha value is -2.17. The van der Waals surface area contributed by atoms with E-state index in [9.17, 15) is 14.0 Å². The molecule has 4 nitrogen and oxygen atoms in total. The van der Waals surface area contributed by atoms with E-state index in [2.05, 4.69) is 0 Å². The molecule has 22 heavy (non-hydrogen) atoms.